The van der Waals surface area contributed by atoms with E-state index in [9.17, 15) is 0 Å². The fraction of sp³-hybridized carbons (Fsp3) is 0.333. The van der Waals surface area contributed by atoms with Gasteiger partial charge in [0, 0.05) is 13.0 Å². The Hall–Kier alpha value is -1.82. The molecule has 1 aromatic heterocycles. The Bertz CT molecular complexity index is 570. The zero-order valence-corrected chi connectivity index (χ0v) is 8.57. The molecule has 1 aliphatic rings. The molecule has 0 aliphatic heterocycles. The van der Waals surface area contributed by atoms with Crippen LogP contribution in [0.1, 0.15) is 30.1 Å². The Morgan fingerprint density at radius 3 is 2.93 bits per heavy atom. The lowest BCUT2D eigenvalue weighted by molar-refractivity contribution is 0.819. The predicted octanol–water partition coefficient (Wildman–Crippen LogP) is 2.32. The van der Waals surface area contributed by atoms with Gasteiger partial charge in [-0.2, -0.15) is 5.26 Å². The number of rotatable bonds is 1. The number of benzene rings is 1. The van der Waals surface area contributed by atoms with E-state index in [2.05, 4.69) is 15.6 Å². The van der Waals surface area contributed by atoms with Crippen LogP contribution in [0.4, 0.5) is 0 Å². The van der Waals surface area contributed by atoms with E-state index in [4.69, 9.17) is 5.26 Å². The second-order valence-electron chi connectivity index (χ2n) is 4.09. The third kappa shape index (κ3) is 1.15. The van der Waals surface area contributed by atoms with E-state index in [1.165, 1.54) is 12.8 Å². The van der Waals surface area contributed by atoms with Gasteiger partial charge in [-0.1, -0.05) is 6.07 Å². The molecule has 0 spiro atoms. The fourth-order valence-electron chi connectivity index (χ4n) is 2.08. The number of aromatic nitrogens is 2. The summed E-state index contributed by atoms with van der Waals surface area (Å²) >= 11 is 0. The molecule has 0 amide bonds. The van der Waals surface area contributed by atoms with Crippen LogP contribution < -0.4 is 0 Å². The number of hydrogen-bond donors (Lipinski definition) is 0. The minimum Gasteiger partial charge on any atom is -0.330 e. The SMILES string of the molecule is Cn1c(C2CC2)nc2cccc(C#N)c21. The molecule has 1 saturated carbocycles. The number of fused-ring (bicyclic) bond motifs is 1. The summed E-state index contributed by atoms with van der Waals surface area (Å²) in [4.78, 5) is 4.59. The molecule has 0 bridgehead atoms. The standard InChI is InChI=1S/C12H11N3/c1-15-11-9(7-13)3-2-4-10(11)14-12(15)8-5-6-8/h2-4,8H,5-6H2,1H3. The quantitative estimate of drug-likeness (QED) is 0.704. The highest BCUT2D eigenvalue weighted by atomic mass is 15.1. The van der Waals surface area contributed by atoms with Gasteiger partial charge >= 0.3 is 0 Å². The van der Waals surface area contributed by atoms with Crippen molar-refractivity contribution >= 4 is 11.0 Å². The minimum atomic E-state index is 0.619. The topological polar surface area (TPSA) is 41.6 Å². The van der Waals surface area contributed by atoms with E-state index >= 15 is 0 Å². The van der Waals surface area contributed by atoms with Gasteiger partial charge in [-0.3, -0.25) is 0 Å². The lowest BCUT2D eigenvalue weighted by atomic mass is 10.2. The lowest BCUT2D eigenvalue weighted by Crippen LogP contribution is -1.96. The van der Waals surface area contributed by atoms with Gasteiger partial charge in [-0.25, -0.2) is 4.98 Å². The molecule has 3 rings (SSSR count). The van der Waals surface area contributed by atoms with Crippen molar-refractivity contribution in [3.63, 3.8) is 0 Å². The smallest absolute Gasteiger partial charge is 0.112 e. The summed E-state index contributed by atoms with van der Waals surface area (Å²) in [5.41, 5.74) is 2.63. The molecule has 1 fully saturated rings. The van der Waals surface area contributed by atoms with Crippen molar-refractivity contribution in [2.24, 2.45) is 7.05 Å². The molecular formula is C12H11N3. The maximum absolute atomic E-state index is 9.03. The maximum atomic E-state index is 9.03. The van der Waals surface area contributed by atoms with Crippen LogP contribution in [0.5, 0.6) is 0 Å². The zero-order chi connectivity index (χ0) is 10.4. The van der Waals surface area contributed by atoms with E-state index < -0.39 is 0 Å². The molecule has 0 saturated heterocycles. The first-order valence-corrected chi connectivity index (χ1v) is 5.16. The van der Waals surface area contributed by atoms with Gasteiger partial charge in [0.05, 0.1) is 16.6 Å². The van der Waals surface area contributed by atoms with E-state index in [-0.39, 0.29) is 0 Å². The van der Waals surface area contributed by atoms with Crippen LogP contribution in [-0.4, -0.2) is 9.55 Å². The normalized spacial score (nSPS) is 15.5. The van der Waals surface area contributed by atoms with Gasteiger partial charge in [0.15, 0.2) is 0 Å². The van der Waals surface area contributed by atoms with Crippen molar-refractivity contribution in [3.8, 4) is 6.07 Å². The number of nitrogens with zero attached hydrogens (tertiary/aromatic N) is 3. The minimum absolute atomic E-state index is 0.619. The van der Waals surface area contributed by atoms with Crippen molar-refractivity contribution in [1.82, 2.24) is 9.55 Å². The van der Waals surface area contributed by atoms with Crippen molar-refractivity contribution in [2.75, 3.05) is 0 Å². The number of aryl methyl sites for hydroxylation is 1. The number of imidazole rings is 1. The molecule has 74 valence electrons. The Labute approximate surface area is 88.0 Å². The van der Waals surface area contributed by atoms with Gasteiger partial charge in [-0.15, -0.1) is 0 Å². The average molecular weight is 197 g/mol. The van der Waals surface area contributed by atoms with E-state index in [0.717, 1.165) is 22.4 Å². The predicted molar refractivity (Wildman–Crippen MR) is 57.4 cm³/mol. The first-order chi connectivity index (χ1) is 7.31. The Balaban J connectivity index is 2.36. The molecule has 1 heterocycles. The third-order valence-electron chi connectivity index (χ3n) is 2.99. The molecule has 1 aromatic carbocycles. The fourth-order valence-corrected chi connectivity index (χ4v) is 2.08. The van der Waals surface area contributed by atoms with Gasteiger partial charge in [0.25, 0.3) is 0 Å². The van der Waals surface area contributed by atoms with E-state index in [0.29, 0.717) is 5.92 Å². The molecule has 2 aromatic rings. The van der Waals surface area contributed by atoms with Gasteiger partial charge in [-0.05, 0) is 25.0 Å². The van der Waals surface area contributed by atoms with Crippen molar-refractivity contribution < 1.29 is 0 Å². The molecule has 0 radical (unpaired) electrons. The summed E-state index contributed by atoms with van der Waals surface area (Å²) in [5, 5.41) is 9.03. The van der Waals surface area contributed by atoms with E-state index in [1.54, 1.807) is 0 Å². The summed E-state index contributed by atoms with van der Waals surface area (Å²) in [6.45, 7) is 0. The van der Waals surface area contributed by atoms with Crippen LogP contribution in [0.2, 0.25) is 0 Å². The molecule has 3 heteroatoms. The lowest BCUT2D eigenvalue weighted by Gasteiger charge is -2.00. The van der Waals surface area contributed by atoms with Gasteiger partial charge in [0.1, 0.15) is 11.9 Å². The van der Waals surface area contributed by atoms with Crippen molar-refractivity contribution in [3.05, 3.63) is 29.6 Å². The molecule has 15 heavy (non-hydrogen) atoms. The van der Waals surface area contributed by atoms with Crippen molar-refractivity contribution in [2.45, 2.75) is 18.8 Å². The summed E-state index contributed by atoms with van der Waals surface area (Å²) in [7, 11) is 2.00. The summed E-state index contributed by atoms with van der Waals surface area (Å²) < 4.78 is 2.07. The van der Waals surface area contributed by atoms with Crippen LogP contribution in [0, 0.1) is 11.3 Å². The molecule has 0 atom stereocenters. The molecule has 3 nitrogen and oxygen atoms in total. The van der Waals surface area contributed by atoms with Crippen molar-refractivity contribution in [1.29, 1.82) is 5.26 Å². The second kappa shape index (κ2) is 2.83. The average Bonchev–Trinajstić information content (AvgIpc) is 3.04. The first kappa shape index (κ1) is 8.49. The number of nitriles is 1. The second-order valence-corrected chi connectivity index (χ2v) is 4.09. The summed E-state index contributed by atoms with van der Waals surface area (Å²) in [5.74, 6) is 1.75. The molecule has 0 unspecified atom stereocenters. The Morgan fingerprint density at radius 2 is 2.27 bits per heavy atom. The third-order valence-corrected chi connectivity index (χ3v) is 2.99. The highest BCUT2D eigenvalue weighted by Gasteiger charge is 2.28. The van der Waals surface area contributed by atoms with Crippen LogP contribution in [0.15, 0.2) is 18.2 Å². The van der Waals surface area contributed by atoms with Crippen LogP contribution in [0.3, 0.4) is 0 Å². The molecule has 0 N–H and O–H groups in total. The Morgan fingerprint density at radius 1 is 1.47 bits per heavy atom. The summed E-state index contributed by atoms with van der Waals surface area (Å²) in [6.07, 6.45) is 2.47. The number of hydrogen-bond acceptors (Lipinski definition) is 2. The van der Waals surface area contributed by atoms with Gasteiger partial charge < -0.3 is 4.57 Å². The van der Waals surface area contributed by atoms with Crippen LogP contribution >= 0.6 is 0 Å². The largest absolute Gasteiger partial charge is 0.330 e. The monoisotopic (exact) mass is 197 g/mol. The number of para-hydroxylation sites is 1. The highest BCUT2D eigenvalue weighted by Crippen LogP contribution is 2.40. The Kier molecular flexibility index (Phi) is 1.60. The van der Waals surface area contributed by atoms with Crippen LogP contribution in [-0.2, 0) is 7.05 Å². The highest BCUT2D eigenvalue weighted by molar-refractivity contribution is 5.82. The molecular weight excluding hydrogens is 186 g/mol. The first-order valence-electron chi connectivity index (χ1n) is 5.16. The molecule has 1 aliphatic carbocycles. The van der Waals surface area contributed by atoms with Crippen LogP contribution in [0.25, 0.3) is 11.0 Å². The zero-order valence-electron chi connectivity index (χ0n) is 8.57. The van der Waals surface area contributed by atoms with Gasteiger partial charge in [0.2, 0.25) is 0 Å². The van der Waals surface area contributed by atoms with E-state index in [1.807, 2.05) is 25.2 Å². The summed E-state index contributed by atoms with van der Waals surface area (Å²) in [6, 6.07) is 7.94. The maximum Gasteiger partial charge on any atom is 0.112 e.